The van der Waals surface area contributed by atoms with Crippen molar-refractivity contribution >= 4 is 37.1 Å². The van der Waals surface area contributed by atoms with E-state index in [-0.39, 0.29) is 31.8 Å². The molecule has 0 amide bonds. The standard InChI is InChI=1S/C21H35N6O7P/c1-7-31-20(29)21(5,6)26-35(30)34-15(19(28)33-13(2)3)8-9-32-14(4)10-27-12-25-16-17(22)23-11-24-18(16)27/h11-15,35H,7-10H2,1-6H3,(H,26,30)(H2,22,23,24). The molecular formula is C21H35N6O7P. The van der Waals surface area contributed by atoms with Crippen LogP contribution in [0.5, 0.6) is 0 Å². The quantitative estimate of drug-likeness (QED) is 0.277. The van der Waals surface area contributed by atoms with Gasteiger partial charge in [-0.05, 0) is 41.5 Å². The summed E-state index contributed by atoms with van der Waals surface area (Å²) in [5.41, 5.74) is 5.65. The number of ether oxygens (including phenoxy) is 3. The molecule has 196 valence electrons. The van der Waals surface area contributed by atoms with Gasteiger partial charge in [-0.1, -0.05) is 0 Å². The summed E-state index contributed by atoms with van der Waals surface area (Å²) < 4.78 is 35.9. The molecule has 0 aromatic carbocycles. The third kappa shape index (κ3) is 8.53. The lowest BCUT2D eigenvalue weighted by molar-refractivity contribution is -0.156. The normalized spacial score (nSPS) is 14.6. The van der Waals surface area contributed by atoms with E-state index in [9.17, 15) is 14.2 Å². The first-order valence-corrected chi connectivity index (χ1v) is 12.7. The molecule has 0 saturated carbocycles. The van der Waals surface area contributed by atoms with Crippen LogP contribution in [0.15, 0.2) is 12.7 Å². The zero-order valence-electron chi connectivity index (χ0n) is 20.9. The predicted octanol–water partition coefficient (Wildman–Crippen LogP) is 1.86. The lowest BCUT2D eigenvalue weighted by Gasteiger charge is -2.25. The molecule has 3 unspecified atom stereocenters. The van der Waals surface area contributed by atoms with Crippen molar-refractivity contribution in [1.29, 1.82) is 0 Å². The van der Waals surface area contributed by atoms with Crippen molar-refractivity contribution in [3.05, 3.63) is 12.7 Å². The van der Waals surface area contributed by atoms with E-state index in [1.807, 2.05) is 6.92 Å². The molecule has 0 aliphatic rings. The average molecular weight is 515 g/mol. The minimum atomic E-state index is -3.00. The van der Waals surface area contributed by atoms with Crippen LogP contribution in [0.3, 0.4) is 0 Å². The van der Waals surface area contributed by atoms with Crippen molar-refractivity contribution in [3.8, 4) is 0 Å². The van der Waals surface area contributed by atoms with Gasteiger partial charge in [0.2, 0.25) is 0 Å². The minimum Gasteiger partial charge on any atom is -0.465 e. The fourth-order valence-electron chi connectivity index (χ4n) is 3.05. The maximum atomic E-state index is 12.6. The lowest BCUT2D eigenvalue weighted by Crippen LogP contribution is -2.45. The topological polar surface area (TPSA) is 170 Å². The Hall–Kier alpha value is -2.60. The number of carbonyl (C=O) groups is 2. The molecule has 14 heteroatoms. The highest BCUT2D eigenvalue weighted by molar-refractivity contribution is 7.36. The number of hydrogen-bond donors (Lipinski definition) is 2. The molecule has 0 fully saturated rings. The number of hydrogen-bond acceptors (Lipinski definition) is 11. The number of nitrogens with one attached hydrogen (secondary N) is 1. The summed E-state index contributed by atoms with van der Waals surface area (Å²) in [5.74, 6) is -0.960. The summed E-state index contributed by atoms with van der Waals surface area (Å²) in [6.45, 7) is 10.7. The second kappa shape index (κ2) is 12.9. The molecule has 35 heavy (non-hydrogen) atoms. The van der Waals surface area contributed by atoms with Gasteiger partial charge in [0.1, 0.15) is 17.4 Å². The monoisotopic (exact) mass is 514 g/mol. The van der Waals surface area contributed by atoms with E-state index < -0.39 is 31.8 Å². The number of nitrogens with two attached hydrogens (primary N) is 1. The van der Waals surface area contributed by atoms with Crippen molar-refractivity contribution in [2.24, 2.45) is 0 Å². The number of nitrogens with zero attached hydrogens (tertiary/aromatic N) is 4. The van der Waals surface area contributed by atoms with Gasteiger partial charge in [-0.3, -0.25) is 9.36 Å². The Balaban J connectivity index is 1.95. The molecular weight excluding hydrogens is 479 g/mol. The molecule has 0 aliphatic carbocycles. The van der Waals surface area contributed by atoms with Gasteiger partial charge in [0.05, 0.1) is 38.3 Å². The van der Waals surface area contributed by atoms with Gasteiger partial charge in [-0.2, -0.15) is 0 Å². The molecule has 0 spiro atoms. The summed E-state index contributed by atoms with van der Waals surface area (Å²) in [5, 5.41) is 2.60. The summed E-state index contributed by atoms with van der Waals surface area (Å²) >= 11 is 0. The summed E-state index contributed by atoms with van der Waals surface area (Å²) in [7, 11) is -3.00. The van der Waals surface area contributed by atoms with Gasteiger partial charge in [-0.15, -0.1) is 0 Å². The second-order valence-corrected chi connectivity index (χ2v) is 9.71. The van der Waals surface area contributed by atoms with Crippen LogP contribution >= 0.6 is 8.18 Å². The molecule has 0 saturated heterocycles. The lowest BCUT2D eigenvalue weighted by atomic mass is 10.1. The van der Waals surface area contributed by atoms with Crippen LogP contribution in [0.4, 0.5) is 5.82 Å². The van der Waals surface area contributed by atoms with E-state index >= 15 is 0 Å². The van der Waals surface area contributed by atoms with Crippen molar-refractivity contribution in [2.45, 2.75) is 78.4 Å². The molecule has 3 atom stereocenters. The molecule has 2 heterocycles. The van der Waals surface area contributed by atoms with Crippen LogP contribution in [-0.4, -0.2) is 68.5 Å². The number of nitrogen functional groups attached to an aromatic ring is 1. The van der Waals surface area contributed by atoms with Gasteiger partial charge >= 0.3 is 11.9 Å². The number of esters is 2. The van der Waals surface area contributed by atoms with Gasteiger partial charge in [-0.25, -0.2) is 24.8 Å². The zero-order chi connectivity index (χ0) is 26.2. The van der Waals surface area contributed by atoms with Crippen LogP contribution < -0.4 is 10.8 Å². The van der Waals surface area contributed by atoms with E-state index in [4.69, 9.17) is 24.5 Å². The number of fused-ring (bicyclic) bond motifs is 1. The first-order chi connectivity index (χ1) is 16.4. The Morgan fingerprint density at radius 3 is 2.60 bits per heavy atom. The number of anilines is 1. The molecule has 2 aromatic heterocycles. The van der Waals surface area contributed by atoms with E-state index in [0.717, 1.165) is 0 Å². The molecule has 0 radical (unpaired) electrons. The third-order valence-corrected chi connectivity index (χ3v) is 6.06. The third-order valence-electron chi connectivity index (χ3n) is 4.73. The number of aromatic nitrogens is 4. The Morgan fingerprint density at radius 1 is 1.23 bits per heavy atom. The van der Waals surface area contributed by atoms with Crippen LogP contribution in [0, 0.1) is 0 Å². The smallest absolute Gasteiger partial charge is 0.336 e. The average Bonchev–Trinajstić information content (AvgIpc) is 3.16. The Labute approximate surface area is 205 Å². The van der Waals surface area contributed by atoms with Crippen molar-refractivity contribution in [3.63, 3.8) is 0 Å². The van der Waals surface area contributed by atoms with Crippen molar-refractivity contribution < 1.29 is 32.9 Å². The minimum absolute atomic E-state index is 0.0909. The van der Waals surface area contributed by atoms with Crippen LogP contribution in [0.25, 0.3) is 11.2 Å². The highest BCUT2D eigenvalue weighted by atomic mass is 31.1. The molecule has 2 rings (SSSR count). The van der Waals surface area contributed by atoms with E-state index in [1.54, 1.807) is 31.7 Å². The van der Waals surface area contributed by atoms with E-state index in [2.05, 4.69) is 20.0 Å². The van der Waals surface area contributed by atoms with Crippen LogP contribution in [0.2, 0.25) is 0 Å². The molecule has 3 N–H and O–H groups in total. The van der Waals surface area contributed by atoms with E-state index in [1.165, 1.54) is 20.2 Å². The van der Waals surface area contributed by atoms with Gasteiger partial charge in [0.25, 0.3) is 8.18 Å². The molecule has 0 aliphatic heterocycles. The van der Waals surface area contributed by atoms with Crippen molar-refractivity contribution in [1.82, 2.24) is 24.6 Å². The second-order valence-electron chi connectivity index (χ2n) is 8.65. The summed E-state index contributed by atoms with van der Waals surface area (Å²) in [4.78, 5) is 36.9. The highest BCUT2D eigenvalue weighted by Crippen LogP contribution is 2.27. The van der Waals surface area contributed by atoms with E-state index in [0.29, 0.717) is 23.5 Å². The Bertz CT molecular complexity index is 1030. The highest BCUT2D eigenvalue weighted by Gasteiger charge is 2.33. The Morgan fingerprint density at radius 2 is 1.94 bits per heavy atom. The number of carbonyl (C=O) groups excluding carboxylic acids is 2. The van der Waals surface area contributed by atoms with Crippen molar-refractivity contribution in [2.75, 3.05) is 18.9 Å². The SMILES string of the molecule is CCOC(=O)C(C)(C)N[PH](=O)OC(CCOC(C)Cn1cnc2c(N)ncnc21)C(=O)OC(C)C. The summed E-state index contributed by atoms with van der Waals surface area (Å²) in [6, 6.07) is 0. The maximum Gasteiger partial charge on any atom is 0.336 e. The fourth-order valence-corrected chi connectivity index (χ4v) is 4.19. The van der Waals surface area contributed by atoms with Gasteiger partial charge < -0.3 is 29.0 Å². The van der Waals surface area contributed by atoms with Gasteiger partial charge in [0.15, 0.2) is 17.6 Å². The molecule has 13 nitrogen and oxygen atoms in total. The molecule has 0 bridgehead atoms. The first kappa shape index (κ1) is 28.6. The fraction of sp³-hybridized carbons (Fsp3) is 0.667. The maximum absolute atomic E-state index is 12.6. The molecule has 2 aromatic rings. The van der Waals surface area contributed by atoms with Crippen LogP contribution in [0.1, 0.15) is 48.0 Å². The van der Waals surface area contributed by atoms with Gasteiger partial charge in [0, 0.05) is 6.42 Å². The largest absolute Gasteiger partial charge is 0.465 e. The zero-order valence-corrected chi connectivity index (χ0v) is 21.9. The summed E-state index contributed by atoms with van der Waals surface area (Å²) in [6.07, 6.45) is 1.25. The first-order valence-electron chi connectivity index (χ1n) is 11.3. The number of rotatable bonds is 14. The van der Waals surface area contributed by atoms with Crippen LogP contribution in [-0.2, 0) is 39.4 Å². The predicted molar refractivity (Wildman–Crippen MR) is 129 cm³/mol. The Kier molecular flexibility index (Phi) is 10.6. The number of imidazole rings is 1.